The highest BCUT2D eigenvalue weighted by Crippen LogP contribution is 2.39. The molecule has 0 bridgehead atoms. The molecule has 0 amide bonds. The molecule has 0 spiro atoms. The largest absolute Gasteiger partial charge is 0.298 e. The van der Waals surface area contributed by atoms with Crippen LogP contribution in [0.2, 0.25) is 0 Å². The van der Waals surface area contributed by atoms with E-state index in [-0.39, 0.29) is 0 Å². The molecule has 16 heavy (non-hydrogen) atoms. The van der Waals surface area contributed by atoms with Gasteiger partial charge in [-0.1, -0.05) is 0 Å². The summed E-state index contributed by atoms with van der Waals surface area (Å²) in [6, 6.07) is 0. The molecule has 1 fully saturated rings. The van der Waals surface area contributed by atoms with Gasteiger partial charge >= 0.3 is 0 Å². The second-order valence-corrected chi connectivity index (χ2v) is 4.16. The van der Waals surface area contributed by atoms with Gasteiger partial charge in [-0.05, 0) is 24.3 Å². The topological polar surface area (TPSA) is 52.7 Å². The van der Waals surface area contributed by atoms with Crippen LogP contribution in [0.15, 0.2) is 18.6 Å². The van der Waals surface area contributed by atoms with Crippen LogP contribution >= 0.6 is 0 Å². The fourth-order valence-corrected chi connectivity index (χ4v) is 1.89. The summed E-state index contributed by atoms with van der Waals surface area (Å²) >= 11 is 0. The smallest absolute Gasteiger partial charge is 0.162 e. The van der Waals surface area contributed by atoms with Crippen molar-refractivity contribution >= 4 is 6.29 Å². The SMILES string of the molecule is Cn1ncc(C=O)c1-n1cc(C2CC2)cn1. The molecular formula is C11H12N4O. The van der Waals surface area contributed by atoms with Crippen LogP contribution in [0.3, 0.4) is 0 Å². The van der Waals surface area contributed by atoms with E-state index in [0.29, 0.717) is 11.5 Å². The third-order valence-corrected chi connectivity index (χ3v) is 2.93. The van der Waals surface area contributed by atoms with Gasteiger partial charge in [-0.25, -0.2) is 4.68 Å². The molecule has 0 radical (unpaired) electrons. The van der Waals surface area contributed by atoms with E-state index in [1.165, 1.54) is 18.4 Å². The van der Waals surface area contributed by atoms with Gasteiger partial charge in [0.2, 0.25) is 0 Å². The molecule has 1 aliphatic rings. The van der Waals surface area contributed by atoms with Gasteiger partial charge in [-0.2, -0.15) is 10.2 Å². The molecule has 5 nitrogen and oxygen atoms in total. The Morgan fingerprint density at radius 2 is 2.19 bits per heavy atom. The molecule has 1 saturated carbocycles. The highest BCUT2D eigenvalue weighted by Gasteiger charge is 2.25. The van der Waals surface area contributed by atoms with Crippen molar-refractivity contribution in [2.45, 2.75) is 18.8 Å². The number of rotatable bonds is 3. The maximum Gasteiger partial charge on any atom is 0.162 e. The minimum atomic E-state index is 0.563. The normalized spacial score (nSPS) is 15.3. The van der Waals surface area contributed by atoms with Crippen LogP contribution in [0.5, 0.6) is 0 Å². The molecule has 0 aromatic carbocycles. The molecule has 0 aliphatic heterocycles. The van der Waals surface area contributed by atoms with Gasteiger partial charge in [0.15, 0.2) is 12.1 Å². The van der Waals surface area contributed by atoms with Gasteiger partial charge in [-0.15, -0.1) is 0 Å². The van der Waals surface area contributed by atoms with Crippen molar-refractivity contribution in [2.24, 2.45) is 7.05 Å². The summed E-state index contributed by atoms with van der Waals surface area (Å²) in [6.45, 7) is 0. The molecule has 2 aromatic heterocycles. The van der Waals surface area contributed by atoms with Crippen molar-refractivity contribution in [3.8, 4) is 5.82 Å². The van der Waals surface area contributed by atoms with E-state index in [2.05, 4.69) is 10.2 Å². The lowest BCUT2D eigenvalue weighted by atomic mass is 10.2. The van der Waals surface area contributed by atoms with Crippen LogP contribution < -0.4 is 0 Å². The Balaban J connectivity index is 2.05. The Hall–Kier alpha value is -1.91. The van der Waals surface area contributed by atoms with Gasteiger partial charge in [0, 0.05) is 13.2 Å². The van der Waals surface area contributed by atoms with Crippen LogP contribution in [0.4, 0.5) is 0 Å². The van der Waals surface area contributed by atoms with Crippen molar-refractivity contribution in [3.63, 3.8) is 0 Å². The number of aryl methyl sites for hydroxylation is 1. The summed E-state index contributed by atoms with van der Waals surface area (Å²) in [4.78, 5) is 10.9. The lowest BCUT2D eigenvalue weighted by Gasteiger charge is -2.01. The molecule has 1 aliphatic carbocycles. The first kappa shape index (κ1) is 9.33. The number of carbonyl (C=O) groups excluding carboxylic acids is 1. The van der Waals surface area contributed by atoms with Crippen molar-refractivity contribution in [1.82, 2.24) is 19.6 Å². The molecule has 0 unspecified atom stereocenters. The van der Waals surface area contributed by atoms with E-state index in [1.807, 2.05) is 12.4 Å². The van der Waals surface area contributed by atoms with Crippen LogP contribution in [-0.2, 0) is 7.05 Å². The Kier molecular flexibility index (Phi) is 1.92. The summed E-state index contributed by atoms with van der Waals surface area (Å²) < 4.78 is 3.39. The highest BCUT2D eigenvalue weighted by molar-refractivity contribution is 5.79. The standard InChI is InChI=1S/C11H12N4O/c1-14-11(10(7-16)5-12-14)15-6-9(4-13-15)8-2-3-8/h4-8H,2-3H2,1H3. The maximum atomic E-state index is 10.9. The van der Waals surface area contributed by atoms with E-state index in [9.17, 15) is 4.79 Å². The highest BCUT2D eigenvalue weighted by atomic mass is 16.1. The lowest BCUT2D eigenvalue weighted by molar-refractivity contribution is 0.112. The number of nitrogens with zero attached hydrogens (tertiary/aromatic N) is 4. The zero-order chi connectivity index (χ0) is 11.1. The lowest BCUT2D eigenvalue weighted by Crippen LogP contribution is -2.05. The van der Waals surface area contributed by atoms with Gasteiger partial charge in [-0.3, -0.25) is 9.48 Å². The van der Waals surface area contributed by atoms with Crippen molar-refractivity contribution in [1.29, 1.82) is 0 Å². The molecular weight excluding hydrogens is 204 g/mol. The fourth-order valence-electron chi connectivity index (χ4n) is 1.89. The number of hydrogen-bond acceptors (Lipinski definition) is 3. The zero-order valence-electron chi connectivity index (χ0n) is 9.00. The first-order valence-electron chi connectivity index (χ1n) is 5.31. The van der Waals surface area contributed by atoms with Gasteiger partial charge in [0.25, 0.3) is 0 Å². The molecule has 3 rings (SSSR count). The van der Waals surface area contributed by atoms with E-state index < -0.39 is 0 Å². The minimum Gasteiger partial charge on any atom is -0.298 e. The van der Waals surface area contributed by atoms with Gasteiger partial charge in [0.05, 0.1) is 18.0 Å². The number of hydrogen-bond donors (Lipinski definition) is 0. The van der Waals surface area contributed by atoms with Crippen LogP contribution in [0, 0.1) is 0 Å². The van der Waals surface area contributed by atoms with Crippen molar-refractivity contribution < 1.29 is 4.79 Å². The Morgan fingerprint density at radius 3 is 2.88 bits per heavy atom. The molecule has 5 heteroatoms. The number of aldehydes is 1. The summed E-state index contributed by atoms with van der Waals surface area (Å²) in [7, 11) is 1.81. The average Bonchev–Trinajstić information content (AvgIpc) is 2.91. The minimum absolute atomic E-state index is 0.563. The quantitative estimate of drug-likeness (QED) is 0.726. The van der Waals surface area contributed by atoms with Crippen LogP contribution in [0.25, 0.3) is 5.82 Å². The molecule has 2 heterocycles. The molecule has 0 N–H and O–H groups in total. The predicted molar refractivity (Wildman–Crippen MR) is 57.7 cm³/mol. The zero-order valence-corrected chi connectivity index (χ0v) is 9.00. The molecule has 0 atom stereocenters. The first-order valence-corrected chi connectivity index (χ1v) is 5.31. The Morgan fingerprint density at radius 1 is 1.38 bits per heavy atom. The molecule has 2 aromatic rings. The van der Waals surface area contributed by atoms with Gasteiger partial charge < -0.3 is 0 Å². The number of aromatic nitrogens is 4. The monoisotopic (exact) mass is 216 g/mol. The average molecular weight is 216 g/mol. The van der Waals surface area contributed by atoms with E-state index in [4.69, 9.17) is 0 Å². The third kappa shape index (κ3) is 1.36. The third-order valence-electron chi connectivity index (χ3n) is 2.93. The Bertz CT molecular complexity index is 536. The Labute approximate surface area is 92.7 Å². The number of carbonyl (C=O) groups is 1. The summed E-state index contributed by atoms with van der Waals surface area (Å²) in [5.74, 6) is 1.39. The summed E-state index contributed by atoms with van der Waals surface area (Å²) in [5, 5.41) is 8.34. The fraction of sp³-hybridized carbons (Fsp3) is 0.364. The van der Waals surface area contributed by atoms with Crippen molar-refractivity contribution in [2.75, 3.05) is 0 Å². The van der Waals surface area contributed by atoms with Crippen LogP contribution in [0.1, 0.15) is 34.7 Å². The molecule has 0 saturated heterocycles. The summed E-state index contributed by atoms with van der Waals surface area (Å²) in [5.41, 5.74) is 1.81. The first-order chi connectivity index (χ1) is 7.79. The van der Waals surface area contributed by atoms with E-state index in [1.54, 1.807) is 22.6 Å². The van der Waals surface area contributed by atoms with E-state index >= 15 is 0 Å². The van der Waals surface area contributed by atoms with E-state index in [0.717, 1.165) is 12.1 Å². The van der Waals surface area contributed by atoms with Crippen LogP contribution in [-0.4, -0.2) is 25.8 Å². The summed E-state index contributed by atoms with van der Waals surface area (Å²) in [6.07, 6.45) is 8.72. The molecule has 82 valence electrons. The second-order valence-electron chi connectivity index (χ2n) is 4.16. The second kappa shape index (κ2) is 3.30. The predicted octanol–water partition coefficient (Wildman–Crippen LogP) is 1.30. The maximum absolute atomic E-state index is 10.9. The van der Waals surface area contributed by atoms with Crippen molar-refractivity contribution in [3.05, 3.63) is 29.7 Å². The van der Waals surface area contributed by atoms with Gasteiger partial charge in [0.1, 0.15) is 0 Å².